The van der Waals surface area contributed by atoms with Gasteiger partial charge in [-0.2, -0.15) is 0 Å². The Labute approximate surface area is 190 Å². The van der Waals surface area contributed by atoms with E-state index in [-0.39, 0.29) is 21.4 Å². The molecule has 0 atom stereocenters. The topological polar surface area (TPSA) is 132 Å². The summed E-state index contributed by atoms with van der Waals surface area (Å²) in [5, 5.41) is 12.4. The molecule has 166 valence electrons. The fourth-order valence-corrected chi connectivity index (χ4v) is 5.07. The number of anilines is 2. The zero-order valence-corrected chi connectivity index (χ0v) is 18.1. The van der Waals surface area contributed by atoms with Crippen molar-refractivity contribution in [2.24, 2.45) is 0 Å². The van der Waals surface area contributed by atoms with Gasteiger partial charge in [0.05, 0.1) is 20.4 Å². The summed E-state index contributed by atoms with van der Waals surface area (Å²) in [7, 11) is -4.45. The number of nitrogens with one attached hydrogen (secondary N) is 1. The Kier molecular flexibility index (Phi) is 5.94. The Balaban J connectivity index is 1.62. The molecule has 4 rings (SSSR count). The Morgan fingerprint density at radius 2 is 1.73 bits per heavy atom. The van der Waals surface area contributed by atoms with E-state index in [1.54, 1.807) is 24.4 Å². The summed E-state index contributed by atoms with van der Waals surface area (Å²) in [6.07, 6.45) is 4.43. The quantitative estimate of drug-likeness (QED) is 0.310. The van der Waals surface area contributed by atoms with E-state index >= 15 is 0 Å². The summed E-state index contributed by atoms with van der Waals surface area (Å²) in [5.74, 6) is -0.379. The lowest BCUT2D eigenvalue weighted by atomic mass is 10.2. The lowest BCUT2D eigenvalue weighted by molar-refractivity contribution is -0.384. The molecule has 2 aromatic carbocycles. The molecule has 0 spiro atoms. The second-order valence-corrected chi connectivity index (χ2v) is 9.50. The first-order chi connectivity index (χ1) is 15.8. The van der Waals surface area contributed by atoms with E-state index in [1.165, 1.54) is 24.5 Å². The SMILES string of the molecule is O=C(c1ncc(-c2cnccc2Nc2ccc(F)cc2)s1)S(=O)(=O)c1ccc([N+](=O)[O-])cc1. The van der Waals surface area contributed by atoms with Crippen LogP contribution in [0.5, 0.6) is 0 Å². The Morgan fingerprint density at radius 1 is 1.03 bits per heavy atom. The minimum absolute atomic E-state index is 0.264. The summed E-state index contributed by atoms with van der Waals surface area (Å²) in [5.41, 5.74) is 1.48. The molecule has 0 fully saturated rings. The van der Waals surface area contributed by atoms with Gasteiger partial charge in [-0.3, -0.25) is 19.9 Å². The third-order valence-electron chi connectivity index (χ3n) is 4.49. The van der Waals surface area contributed by atoms with Gasteiger partial charge in [0.1, 0.15) is 5.82 Å². The molecule has 0 bridgehead atoms. The van der Waals surface area contributed by atoms with E-state index in [0.717, 1.165) is 35.6 Å². The van der Waals surface area contributed by atoms with Crippen LogP contribution in [0.4, 0.5) is 21.5 Å². The average Bonchev–Trinajstić information content (AvgIpc) is 3.30. The Morgan fingerprint density at radius 3 is 2.39 bits per heavy atom. The van der Waals surface area contributed by atoms with Gasteiger partial charge in [-0.1, -0.05) is 0 Å². The number of non-ortho nitro benzene ring substituents is 1. The van der Waals surface area contributed by atoms with Gasteiger partial charge in [0.2, 0.25) is 9.84 Å². The van der Waals surface area contributed by atoms with Gasteiger partial charge in [0.25, 0.3) is 5.69 Å². The minimum Gasteiger partial charge on any atom is -0.355 e. The van der Waals surface area contributed by atoms with Gasteiger partial charge in [0, 0.05) is 42.0 Å². The number of rotatable bonds is 6. The lowest BCUT2D eigenvalue weighted by Gasteiger charge is -2.10. The van der Waals surface area contributed by atoms with E-state index in [9.17, 15) is 27.7 Å². The number of nitro groups is 1. The number of sulfone groups is 1. The molecule has 0 radical (unpaired) electrons. The van der Waals surface area contributed by atoms with Crippen LogP contribution in [-0.4, -0.2) is 28.4 Å². The molecule has 4 aromatic rings. The number of carbonyl (C=O) groups is 1. The van der Waals surface area contributed by atoms with E-state index in [2.05, 4.69) is 15.3 Å². The summed E-state index contributed by atoms with van der Waals surface area (Å²) < 4.78 is 38.5. The molecule has 2 heterocycles. The number of benzene rings is 2. The number of carbonyl (C=O) groups excluding carboxylic acids is 1. The molecule has 0 saturated carbocycles. The molecule has 33 heavy (non-hydrogen) atoms. The van der Waals surface area contributed by atoms with Gasteiger partial charge < -0.3 is 5.32 Å². The molecule has 0 unspecified atom stereocenters. The van der Waals surface area contributed by atoms with Crippen molar-refractivity contribution in [2.75, 3.05) is 5.32 Å². The molecule has 0 aliphatic heterocycles. The van der Waals surface area contributed by atoms with Crippen molar-refractivity contribution in [2.45, 2.75) is 4.90 Å². The van der Waals surface area contributed by atoms with Gasteiger partial charge in [-0.05, 0) is 42.5 Å². The van der Waals surface area contributed by atoms with Crippen molar-refractivity contribution in [3.05, 3.63) is 94.1 Å². The highest BCUT2D eigenvalue weighted by Crippen LogP contribution is 2.34. The predicted molar refractivity (Wildman–Crippen MR) is 120 cm³/mol. The highest BCUT2D eigenvalue weighted by atomic mass is 32.2. The average molecular weight is 484 g/mol. The van der Waals surface area contributed by atoms with Crippen molar-refractivity contribution in [1.29, 1.82) is 0 Å². The van der Waals surface area contributed by atoms with Crippen molar-refractivity contribution in [3.8, 4) is 10.4 Å². The fourth-order valence-electron chi connectivity index (χ4n) is 2.85. The molecule has 0 amide bonds. The highest BCUT2D eigenvalue weighted by Gasteiger charge is 2.30. The monoisotopic (exact) mass is 484 g/mol. The normalized spacial score (nSPS) is 11.2. The number of hydrogen-bond acceptors (Lipinski definition) is 9. The Bertz CT molecular complexity index is 1450. The van der Waals surface area contributed by atoms with Crippen LogP contribution in [0.3, 0.4) is 0 Å². The Hall–Kier alpha value is -4.03. The van der Waals surface area contributed by atoms with Crippen molar-refractivity contribution >= 4 is 43.4 Å². The van der Waals surface area contributed by atoms with Crippen LogP contribution in [0, 0.1) is 15.9 Å². The summed E-state index contributed by atoms with van der Waals surface area (Å²) in [6, 6.07) is 11.4. The third kappa shape index (κ3) is 4.61. The number of hydrogen-bond donors (Lipinski definition) is 1. The van der Waals surface area contributed by atoms with Crippen LogP contribution in [0.15, 0.2) is 78.1 Å². The number of nitrogens with zero attached hydrogens (tertiary/aromatic N) is 3. The van der Waals surface area contributed by atoms with E-state index in [4.69, 9.17) is 0 Å². The van der Waals surface area contributed by atoms with Crippen LogP contribution >= 0.6 is 11.3 Å². The standard InChI is InChI=1S/C21H13FN4O5S2/c22-13-1-3-14(4-2-13)25-18-9-10-23-11-17(18)19-12-24-20(32-19)21(27)33(30,31)16-7-5-15(6-8-16)26(28)29/h1-12H,(H,23,25). The summed E-state index contributed by atoms with van der Waals surface area (Å²) in [6.45, 7) is 0. The van der Waals surface area contributed by atoms with Crippen molar-refractivity contribution < 1.29 is 22.5 Å². The molecule has 0 saturated heterocycles. The first kappa shape index (κ1) is 22.2. The fraction of sp³-hybridized carbons (Fsp3) is 0. The molecule has 0 aliphatic carbocycles. The second-order valence-electron chi connectivity index (χ2n) is 6.62. The van der Waals surface area contributed by atoms with E-state index in [0.29, 0.717) is 21.8 Å². The summed E-state index contributed by atoms with van der Waals surface area (Å²) >= 11 is 0.863. The van der Waals surface area contributed by atoms with Crippen LogP contribution in [0.1, 0.15) is 9.80 Å². The maximum atomic E-state index is 13.2. The first-order valence-electron chi connectivity index (χ1n) is 9.22. The minimum atomic E-state index is -4.45. The van der Waals surface area contributed by atoms with Crippen LogP contribution in [0.2, 0.25) is 0 Å². The molecule has 1 N–H and O–H groups in total. The lowest BCUT2D eigenvalue weighted by Crippen LogP contribution is -2.15. The van der Waals surface area contributed by atoms with Crippen LogP contribution in [0.25, 0.3) is 10.4 Å². The highest BCUT2D eigenvalue weighted by molar-refractivity contribution is 8.07. The zero-order valence-electron chi connectivity index (χ0n) is 16.5. The van der Waals surface area contributed by atoms with Crippen molar-refractivity contribution in [1.82, 2.24) is 9.97 Å². The number of pyridine rings is 1. The third-order valence-corrected chi connectivity index (χ3v) is 7.22. The number of thiazole rings is 1. The second kappa shape index (κ2) is 8.84. The van der Waals surface area contributed by atoms with Gasteiger partial charge >= 0.3 is 5.12 Å². The smallest absolute Gasteiger partial charge is 0.309 e. The number of aromatic nitrogens is 2. The zero-order chi connectivity index (χ0) is 23.6. The van der Waals surface area contributed by atoms with Gasteiger partial charge in [-0.25, -0.2) is 17.8 Å². The number of halogens is 1. The van der Waals surface area contributed by atoms with E-state index in [1.807, 2.05) is 0 Å². The molecular weight excluding hydrogens is 471 g/mol. The molecule has 12 heteroatoms. The van der Waals surface area contributed by atoms with E-state index < -0.39 is 19.9 Å². The molecule has 2 aromatic heterocycles. The molecular formula is C21H13FN4O5S2. The molecule has 0 aliphatic rings. The van der Waals surface area contributed by atoms with Crippen LogP contribution < -0.4 is 5.32 Å². The first-order valence-corrected chi connectivity index (χ1v) is 11.5. The molecule has 9 nitrogen and oxygen atoms in total. The van der Waals surface area contributed by atoms with Crippen LogP contribution in [-0.2, 0) is 9.84 Å². The van der Waals surface area contributed by atoms with Gasteiger partial charge in [-0.15, -0.1) is 11.3 Å². The largest absolute Gasteiger partial charge is 0.355 e. The predicted octanol–water partition coefficient (Wildman–Crippen LogP) is 4.61. The maximum absolute atomic E-state index is 13.2. The van der Waals surface area contributed by atoms with Crippen molar-refractivity contribution in [3.63, 3.8) is 0 Å². The summed E-state index contributed by atoms with van der Waals surface area (Å²) in [4.78, 5) is 30.9. The maximum Gasteiger partial charge on any atom is 0.309 e. The number of nitro benzene ring substituents is 1. The van der Waals surface area contributed by atoms with Gasteiger partial charge in [0.15, 0.2) is 5.01 Å².